The number of urea groups is 1. The van der Waals surface area contributed by atoms with Crippen molar-refractivity contribution in [1.82, 2.24) is 20.2 Å². The van der Waals surface area contributed by atoms with E-state index in [0.29, 0.717) is 37.7 Å². The van der Waals surface area contributed by atoms with Crippen LogP contribution in [-0.2, 0) is 4.74 Å². The summed E-state index contributed by atoms with van der Waals surface area (Å²) in [7, 11) is 0. The topological polar surface area (TPSA) is 129 Å². The van der Waals surface area contributed by atoms with Gasteiger partial charge < -0.3 is 35.0 Å². The van der Waals surface area contributed by atoms with Gasteiger partial charge >= 0.3 is 6.03 Å². The van der Waals surface area contributed by atoms with Crippen LogP contribution in [0.5, 0.6) is 5.88 Å². The molecule has 3 aliphatic rings. The maximum absolute atomic E-state index is 15.3. The standard InChI is InChI=1S/C28H37FN6O5/c1-6-34-15-28(4,5)40-23-21(24(34)36)22(32-25(33-23)35-12-17-8-9-18(13-35)39-17)16-7-10-20(19(29)11-16)31-26(37)30-14-27(2,3)38/h7,10-11,17-18,38H,6,8-9,12-15H2,1-5H3,(H2,30,31,37). The molecular formula is C28H37FN6O5. The number of carbonyl (C=O) groups is 2. The zero-order valence-corrected chi connectivity index (χ0v) is 23.6. The minimum Gasteiger partial charge on any atom is -0.469 e. The molecule has 3 amide bonds. The van der Waals surface area contributed by atoms with Crippen molar-refractivity contribution >= 4 is 23.6 Å². The number of aromatic nitrogens is 2. The lowest BCUT2D eigenvalue weighted by molar-refractivity contribution is 0.0297. The van der Waals surface area contributed by atoms with Crippen molar-refractivity contribution in [2.24, 2.45) is 0 Å². The minimum atomic E-state index is -1.11. The van der Waals surface area contributed by atoms with E-state index >= 15 is 4.39 Å². The molecule has 40 heavy (non-hydrogen) atoms. The highest BCUT2D eigenvalue weighted by molar-refractivity contribution is 6.03. The summed E-state index contributed by atoms with van der Waals surface area (Å²) >= 11 is 0. The highest BCUT2D eigenvalue weighted by atomic mass is 19.1. The molecule has 2 bridgehead atoms. The summed E-state index contributed by atoms with van der Waals surface area (Å²) in [4.78, 5) is 39.2. The van der Waals surface area contributed by atoms with Crippen molar-refractivity contribution in [1.29, 1.82) is 0 Å². The molecule has 11 nitrogen and oxygen atoms in total. The fraction of sp³-hybridized carbons (Fsp3) is 0.571. The normalized spacial score (nSPS) is 21.9. The van der Waals surface area contributed by atoms with Crippen LogP contribution in [0.2, 0.25) is 0 Å². The summed E-state index contributed by atoms with van der Waals surface area (Å²) in [6.07, 6.45) is 2.11. The second kappa shape index (κ2) is 10.5. The van der Waals surface area contributed by atoms with E-state index in [9.17, 15) is 14.7 Å². The van der Waals surface area contributed by atoms with Crippen molar-refractivity contribution in [2.75, 3.05) is 42.9 Å². The number of ether oxygens (including phenoxy) is 2. The van der Waals surface area contributed by atoms with E-state index in [4.69, 9.17) is 19.4 Å². The van der Waals surface area contributed by atoms with Crippen LogP contribution < -0.4 is 20.3 Å². The van der Waals surface area contributed by atoms with E-state index in [2.05, 4.69) is 10.6 Å². The van der Waals surface area contributed by atoms with Crippen molar-refractivity contribution in [3.63, 3.8) is 0 Å². The molecule has 3 aliphatic heterocycles. The van der Waals surface area contributed by atoms with Gasteiger partial charge in [0.1, 0.15) is 17.0 Å². The third kappa shape index (κ3) is 5.97. The van der Waals surface area contributed by atoms with E-state index in [-0.39, 0.29) is 47.5 Å². The summed E-state index contributed by atoms with van der Waals surface area (Å²) in [6, 6.07) is 3.60. The van der Waals surface area contributed by atoms with Gasteiger partial charge in [0, 0.05) is 31.7 Å². The number of fused-ring (bicyclic) bond motifs is 3. The molecule has 2 unspecified atom stereocenters. The lowest BCUT2D eigenvalue weighted by atomic mass is 10.0. The summed E-state index contributed by atoms with van der Waals surface area (Å²) < 4.78 is 27.6. The molecule has 4 heterocycles. The Hall–Kier alpha value is -3.51. The van der Waals surface area contributed by atoms with Gasteiger partial charge in [-0.25, -0.2) is 14.2 Å². The number of likely N-dealkylation sites (N-methyl/N-ethyl adjacent to an activating group) is 1. The van der Waals surface area contributed by atoms with Crippen molar-refractivity contribution in [3.05, 3.63) is 29.6 Å². The predicted octanol–water partition coefficient (Wildman–Crippen LogP) is 3.18. The van der Waals surface area contributed by atoms with Crippen LogP contribution >= 0.6 is 0 Å². The molecule has 0 spiro atoms. The Balaban J connectivity index is 1.54. The number of nitrogens with zero attached hydrogens (tertiary/aromatic N) is 4. The third-order valence-electron chi connectivity index (χ3n) is 7.19. The molecule has 3 N–H and O–H groups in total. The first-order valence-corrected chi connectivity index (χ1v) is 13.7. The van der Waals surface area contributed by atoms with E-state index in [1.807, 2.05) is 25.7 Å². The van der Waals surface area contributed by atoms with Crippen molar-refractivity contribution in [3.8, 4) is 17.1 Å². The number of amides is 3. The Morgan fingerprint density at radius 1 is 1.23 bits per heavy atom. The highest BCUT2D eigenvalue weighted by Gasteiger charge is 2.39. The zero-order valence-electron chi connectivity index (χ0n) is 23.6. The second-order valence-electron chi connectivity index (χ2n) is 11.9. The molecule has 1 aromatic heterocycles. The first-order chi connectivity index (χ1) is 18.8. The Morgan fingerprint density at radius 3 is 2.55 bits per heavy atom. The monoisotopic (exact) mass is 556 g/mol. The summed E-state index contributed by atoms with van der Waals surface area (Å²) in [5.74, 6) is -0.432. The first-order valence-electron chi connectivity index (χ1n) is 13.7. The van der Waals surface area contributed by atoms with Crippen LogP contribution in [0.15, 0.2) is 18.2 Å². The number of aliphatic hydroxyl groups is 1. The van der Waals surface area contributed by atoms with E-state index in [1.54, 1.807) is 24.8 Å². The lowest BCUT2D eigenvalue weighted by Crippen LogP contribution is -2.43. The predicted molar refractivity (Wildman–Crippen MR) is 147 cm³/mol. The molecule has 12 heteroatoms. The van der Waals surface area contributed by atoms with Crippen LogP contribution in [0.4, 0.5) is 20.8 Å². The zero-order chi connectivity index (χ0) is 28.8. The van der Waals surface area contributed by atoms with Gasteiger partial charge in [-0.15, -0.1) is 0 Å². The number of morpholine rings is 1. The Kier molecular flexibility index (Phi) is 7.34. The van der Waals surface area contributed by atoms with Crippen LogP contribution in [0.25, 0.3) is 11.3 Å². The van der Waals surface area contributed by atoms with Crippen LogP contribution in [0, 0.1) is 5.82 Å². The Morgan fingerprint density at radius 2 is 1.93 bits per heavy atom. The number of anilines is 2. The molecule has 5 rings (SSSR count). The van der Waals surface area contributed by atoms with Crippen LogP contribution in [0.1, 0.15) is 57.8 Å². The fourth-order valence-corrected chi connectivity index (χ4v) is 5.29. The van der Waals surface area contributed by atoms with Gasteiger partial charge in [0.05, 0.1) is 35.7 Å². The van der Waals surface area contributed by atoms with Gasteiger partial charge in [-0.3, -0.25) is 4.79 Å². The molecule has 216 valence electrons. The number of rotatable bonds is 6. The quantitative estimate of drug-likeness (QED) is 0.495. The smallest absolute Gasteiger partial charge is 0.319 e. The summed E-state index contributed by atoms with van der Waals surface area (Å²) in [5, 5.41) is 14.8. The molecule has 2 aromatic rings. The molecule has 2 fully saturated rings. The van der Waals surface area contributed by atoms with E-state index in [1.165, 1.54) is 12.1 Å². The molecule has 1 aromatic carbocycles. The van der Waals surface area contributed by atoms with Gasteiger partial charge in [0.25, 0.3) is 5.91 Å². The van der Waals surface area contributed by atoms with Gasteiger partial charge in [0.2, 0.25) is 11.8 Å². The molecule has 2 atom stereocenters. The maximum atomic E-state index is 15.3. The molecule has 0 radical (unpaired) electrons. The number of carbonyl (C=O) groups excluding carboxylic acids is 2. The average Bonchev–Trinajstić information content (AvgIpc) is 3.17. The van der Waals surface area contributed by atoms with Gasteiger partial charge in [-0.2, -0.15) is 4.98 Å². The third-order valence-corrected chi connectivity index (χ3v) is 7.19. The number of benzene rings is 1. The first kappa shape index (κ1) is 28.0. The Bertz CT molecular complexity index is 1300. The largest absolute Gasteiger partial charge is 0.469 e. The van der Waals surface area contributed by atoms with Gasteiger partial charge in [-0.05, 0) is 59.6 Å². The van der Waals surface area contributed by atoms with E-state index in [0.717, 1.165) is 12.8 Å². The lowest BCUT2D eigenvalue weighted by Gasteiger charge is -2.33. The van der Waals surface area contributed by atoms with E-state index < -0.39 is 23.1 Å². The van der Waals surface area contributed by atoms with Gasteiger partial charge in [0.15, 0.2) is 0 Å². The number of nitrogens with one attached hydrogen (secondary N) is 2. The number of halogens is 1. The summed E-state index contributed by atoms with van der Waals surface area (Å²) in [5.41, 5.74) is -1.09. The van der Waals surface area contributed by atoms with Gasteiger partial charge in [-0.1, -0.05) is 6.07 Å². The maximum Gasteiger partial charge on any atom is 0.319 e. The number of hydrogen-bond acceptors (Lipinski definition) is 8. The fourth-order valence-electron chi connectivity index (χ4n) is 5.29. The molecule has 2 saturated heterocycles. The second-order valence-corrected chi connectivity index (χ2v) is 11.9. The highest BCUT2D eigenvalue weighted by Crippen LogP contribution is 2.38. The summed E-state index contributed by atoms with van der Waals surface area (Å²) in [6.45, 7) is 10.8. The molecule has 0 saturated carbocycles. The average molecular weight is 557 g/mol. The number of hydrogen-bond donors (Lipinski definition) is 3. The Labute approximate surface area is 233 Å². The SMILES string of the molecule is CCN1CC(C)(C)Oc2nc(N3CC4CCC(C3)O4)nc(-c3ccc(NC(=O)NCC(C)(C)O)c(F)c3)c2C1=O. The minimum absolute atomic E-state index is 0.00989. The van der Waals surface area contributed by atoms with Crippen LogP contribution in [-0.4, -0.2) is 88.0 Å². The van der Waals surface area contributed by atoms with Crippen molar-refractivity contribution < 1.29 is 28.6 Å². The van der Waals surface area contributed by atoms with Crippen LogP contribution in [0.3, 0.4) is 0 Å². The molecule has 0 aliphatic carbocycles. The van der Waals surface area contributed by atoms with Crippen molar-refractivity contribution in [2.45, 2.75) is 70.9 Å². The molecular weight excluding hydrogens is 519 g/mol.